The van der Waals surface area contributed by atoms with Gasteiger partial charge in [0, 0.05) is 11.7 Å². The second kappa shape index (κ2) is 6.22. The third-order valence-electron chi connectivity index (χ3n) is 3.91. The van der Waals surface area contributed by atoms with Crippen molar-refractivity contribution >= 4 is 5.84 Å². The zero-order chi connectivity index (χ0) is 14.7. The van der Waals surface area contributed by atoms with E-state index in [1.807, 2.05) is 19.9 Å². The standard InChI is InChI=1S/C15H24N4O/c1-10-8-11(2)18-15(13(10)14(16)17)20-9-12-6-4-5-7-19(12)3/h8,12H,4-7,9H2,1-3H3,(H3,16,17). The maximum atomic E-state index is 7.70. The van der Waals surface area contributed by atoms with Gasteiger partial charge in [-0.25, -0.2) is 4.98 Å². The molecule has 2 heterocycles. The van der Waals surface area contributed by atoms with Crippen LogP contribution < -0.4 is 10.5 Å². The normalized spacial score (nSPS) is 19.9. The molecule has 1 aromatic heterocycles. The second-order valence-corrected chi connectivity index (χ2v) is 5.62. The van der Waals surface area contributed by atoms with E-state index in [9.17, 15) is 0 Å². The van der Waals surface area contributed by atoms with Crippen LogP contribution in [0.25, 0.3) is 0 Å². The molecule has 1 unspecified atom stereocenters. The number of nitrogens with two attached hydrogens (primary N) is 1. The number of piperidine rings is 1. The lowest BCUT2D eigenvalue weighted by molar-refractivity contribution is 0.122. The Hall–Kier alpha value is -1.62. The van der Waals surface area contributed by atoms with Gasteiger partial charge in [-0.05, 0) is 51.9 Å². The summed E-state index contributed by atoms with van der Waals surface area (Å²) >= 11 is 0. The molecule has 0 bridgehead atoms. The minimum absolute atomic E-state index is 0.0157. The van der Waals surface area contributed by atoms with E-state index in [0.717, 1.165) is 24.2 Å². The number of ether oxygens (including phenoxy) is 1. The monoisotopic (exact) mass is 276 g/mol. The van der Waals surface area contributed by atoms with Gasteiger partial charge in [0.1, 0.15) is 12.4 Å². The van der Waals surface area contributed by atoms with Crippen LogP contribution in [0.3, 0.4) is 0 Å². The van der Waals surface area contributed by atoms with Gasteiger partial charge in [0.25, 0.3) is 0 Å². The summed E-state index contributed by atoms with van der Waals surface area (Å²) in [6.07, 6.45) is 3.66. The smallest absolute Gasteiger partial charge is 0.225 e. The molecule has 3 N–H and O–H groups in total. The third kappa shape index (κ3) is 3.28. The Morgan fingerprint density at radius 2 is 2.25 bits per heavy atom. The minimum atomic E-state index is 0.0157. The number of nitrogens with one attached hydrogen (secondary N) is 1. The molecule has 5 nitrogen and oxygen atoms in total. The van der Waals surface area contributed by atoms with E-state index in [2.05, 4.69) is 16.9 Å². The van der Waals surface area contributed by atoms with Crippen LogP contribution in [0, 0.1) is 19.3 Å². The Balaban J connectivity index is 2.14. The number of likely N-dealkylation sites (N-methyl/N-ethyl adjacent to an activating group) is 1. The molecule has 0 amide bonds. The fraction of sp³-hybridized carbons (Fsp3) is 0.600. The number of aryl methyl sites for hydroxylation is 2. The first-order chi connectivity index (χ1) is 9.49. The summed E-state index contributed by atoms with van der Waals surface area (Å²) in [6.45, 7) is 5.59. The molecule has 1 aromatic rings. The average molecular weight is 276 g/mol. The number of nitrogen functional groups attached to an aromatic ring is 1. The summed E-state index contributed by atoms with van der Waals surface area (Å²) in [5.74, 6) is 0.510. The van der Waals surface area contributed by atoms with Crippen molar-refractivity contribution in [1.82, 2.24) is 9.88 Å². The first-order valence-corrected chi connectivity index (χ1v) is 7.14. The maximum absolute atomic E-state index is 7.70. The van der Waals surface area contributed by atoms with Gasteiger partial charge < -0.3 is 15.4 Å². The highest BCUT2D eigenvalue weighted by Crippen LogP contribution is 2.22. The number of pyridine rings is 1. The molecule has 0 radical (unpaired) electrons. The summed E-state index contributed by atoms with van der Waals surface area (Å²) in [4.78, 5) is 6.74. The van der Waals surface area contributed by atoms with Crippen LogP contribution in [-0.2, 0) is 0 Å². The molecule has 0 aliphatic carbocycles. The zero-order valence-corrected chi connectivity index (χ0v) is 12.6. The molecule has 20 heavy (non-hydrogen) atoms. The van der Waals surface area contributed by atoms with Crippen LogP contribution in [-0.4, -0.2) is 42.0 Å². The quantitative estimate of drug-likeness (QED) is 0.650. The van der Waals surface area contributed by atoms with Gasteiger partial charge in [0.2, 0.25) is 5.88 Å². The first kappa shape index (κ1) is 14.8. The highest BCUT2D eigenvalue weighted by molar-refractivity contribution is 5.98. The molecule has 1 aliphatic heterocycles. The molecule has 0 saturated carbocycles. The minimum Gasteiger partial charge on any atom is -0.475 e. The van der Waals surface area contributed by atoms with Crippen LogP contribution >= 0.6 is 0 Å². The lowest BCUT2D eigenvalue weighted by Gasteiger charge is -2.32. The molecule has 0 aromatic carbocycles. The maximum Gasteiger partial charge on any atom is 0.225 e. The van der Waals surface area contributed by atoms with Gasteiger partial charge in [0.15, 0.2) is 0 Å². The third-order valence-corrected chi connectivity index (χ3v) is 3.91. The summed E-state index contributed by atoms with van der Waals surface area (Å²) < 4.78 is 5.90. The number of aromatic nitrogens is 1. The van der Waals surface area contributed by atoms with Crippen molar-refractivity contribution in [1.29, 1.82) is 5.41 Å². The van der Waals surface area contributed by atoms with Crippen LogP contribution in [0.5, 0.6) is 5.88 Å². The van der Waals surface area contributed by atoms with E-state index < -0.39 is 0 Å². The molecule has 1 fully saturated rings. The highest BCUT2D eigenvalue weighted by Gasteiger charge is 2.21. The second-order valence-electron chi connectivity index (χ2n) is 5.62. The molecular weight excluding hydrogens is 252 g/mol. The predicted octanol–water partition coefficient (Wildman–Crippen LogP) is 1.85. The number of likely N-dealkylation sites (tertiary alicyclic amines) is 1. The van der Waals surface area contributed by atoms with E-state index in [1.54, 1.807) is 0 Å². The van der Waals surface area contributed by atoms with Gasteiger partial charge in [-0.2, -0.15) is 0 Å². The number of nitrogens with zero attached hydrogens (tertiary/aromatic N) is 2. The van der Waals surface area contributed by atoms with Gasteiger partial charge in [0.05, 0.1) is 5.56 Å². The van der Waals surface area contributed by atoms with Crippen LogP contribution in [0.1, 0.15) is 36.1 Å². The van der Waals surface area contributed by atoms with E-state index in [1.165, 1.54) is 12.8 Å². The average Bonchev–Trinajstić information content (AvgIpc) is 2.36. The topological polar surface area (TPSA) is 75.2 Å². The highest BCUT2D eigenvalue weighted by atomic mass is 16.5. The number of amidine groups is 1. The Morgan fingerprint density at radius 3 is 2.90 bits per heavy atom. The molecule has 1 atom stereocenters. The predicted molar refractivity (Wildman–Crippen MR) is 80.5 cm³/mol. The van der Waals surface area contributed by atoms with E-state index in [-0.39, 0.29) is 5.84 Å². The van der Waals surface area contributed by atoms with Crippen LogP contribution in [0.4, 0.5) is 0 Å². The SMILES string of the molecule is Cc1cc(C)c(C(=N)N)c(OCC2CCCCN2C)n1. The van der Waals surface area contributed by atoms with E-state index >= 15 is 0 Å². The molecule has 2 rings (SSSR count). The van der Waals surface area contributed by atoms with E-state index in [0.29, 0.717) is 24.1 Å². The van der Waals surface area contributed by atoms with Gasteiger partial charge in [-0.3, -0.25) is 5.41 Å². The zero-order valence-electron chi connectivity index (χ0n) is 12.6. The Labute approximate surface area is 120 Å². The van der Waals surface area contributed by atoms with Crippen LogP contribution in [0.2, 0.25) is 0 Å². The van der Waals surface area contributed by atoms with Crippen molar-refractivity contribution in [2.24, 2.45) is 5.73 Å². The van der Waals surface area contributed by atoms with Crippen molar-refractivity contribution in [2.45, 2.75) is 39.2 Å². The fourth-order valence-electron chi connectivity index (χ4n) is 2.76. The summed E-state index contributed by atoms with van der Waals surface area (Å²) in [6, 6.07) is 2.35. The summed E-state index contributed by atoms with van der Waals surface area (Å²) in [5, 5.41) is 7.70. The molecule has 0 spiro atoms. The summed E-state index contributed by atoms with van der Waals surface area (Å²) in [7, 11) is 2.13. The van der Waals surface area contributed by atoms with E-state index in [4.69, 9.17) is 15.9 Å². The van der Waals surface area contributed by atoms with Crippen LogP contribution in [0.15, 0.2) is 6.07 Å². The lowest BCUT2D eigenvalue weighted by atomic mass is 10.0. The van der Waals surface area contributed by atoms with Gasteiger partial charge in [-0.15, -0.1) is 0 Å². The summed E-state index contributed by atoms with van der Waals surface area (Å²) in [5.41, 5.74) is 8.10. The Morgan fingerprint density at radius 1 is 1.50 bits per heavy atom. The van der Waals surface area contributed by atoms with Crippen molar-refractivity contribution in [3.05, 3.63) is 22.9 Å². The Bertz CT molecular complexity index is 501. The van der Waals surface area contributed by atoms with Crippen molar-refractivity contribution < 1.29 is 4.74 Å². The van der Waals surface area contributed by atoms with Crippen molar-refractivity contribution in [3.63, 3.8) is 0 Å². The van der Waals surface area contributed by atoms with Crippen molar-refractivity contribution in [2.75, 3.05) is 20.2 Å². The fourth-order valence-corrected chi connectivity index (χ4v) is 2.76. The largest absolute Gasteiger partial charge is 0.475 e. The molecule has 110 valence electrons. The number of hydrogen-bond acceptors (Lipinski definition) is 4. The van der Waals surface area contributed by atoms with Crippen molar-refractivity contribution in [3.8, 4) is 5.88 Å². The number of rotatable bonds is 4. The molecule has 1 saturated heterocycles. The molecule has 1 aliphatic rings. The van der Waals surface area contributed by atoms with Gasteiger partial charge >= 0.3 is 0 Å². The first-order valence-electron chi connectivity index (χ1n) is 7.14. The van der Waals surface area contributed by atoms with Gasteiger partial charge in [-0.1, -0.05) is 6.42 Å². The molecular formula is C15H24N4O. The molecule has 5 heteroatoms. The lowest BCUT2D eigenvalue weighted by Crippen LogP contribution is -2.40. The number of hydrogen-bond donors (Lipinski definition) is 2. The Kier molecular flexibility index (Phi) is 4.60.